The lowest BCUT2D eigenvalue weighted by atomic mass is 10.2. The Morgan fingerprint density at radius 1 is 0.900 bits per heavy atom. The van der Waals surface area contributed by atoms with Crippen LogP contribution in [0.3, 0.4) is 0 Å². The number of rotatable bonds is 6. The Morgan fingerprint density at radius 3 is 2.37 bits per heavy atom. The van der Waals surface area contributed by atoms with Crippen LogP contribution in [0.2, 0.25) is 0 Å². The fourth-order valence-electron chi connectivity index (χ4n) is 3.47. The summed E-state index contributed by atoms with van der Waals surface area (Å²) in [5.74, 6) is 2.11. The Bertz CT molecular complexity index is 983. The second kappa shape index (κ2) is 9.00. The maximum atomic E-state index is 5.67. The third kappa shape index (κ3) is 4.80. The van der Waals surface area contributed by atoms with Crippen molar-refractivity contribution in [2.24, 2.45) is 0 Å². The van der Waals surface area contributed by atoms with Gasteiger partial charge in [-0.05, 0) is 44.3 Å². The molecule has 1 aliphatic heterocycles. The minimum atomic E-state index is 0.529. The van der Waals surface area contributed by atoms with Crippen molar-refractivity contribution < 1.29 is 4.74 Å². The molecule has 0 atom stereocenters. The zero-order valence-electron chi connectivity index (χ0n) is 17.7. The lowest BCUT2D eigenvalue weighted by Crippen LogP contribution is -2.44. The average Bonchev–Trinajstić information content (AvgIpc) is 2.76. The number of hydrogen-bond donors (Lipinski definition) is 2. The number of nitrogens with one attached hydrogen (secondary N) is 2. The van der Waals surface area contributed by atoms with Gasteiger partial charge in [0.1, 0.15) is 11.6 Å². The van der Waals surface area contributed by atoms with E-state index in [1.807, 2.05) is 30.3 Å². The first-order chi connectivity index (χ1) is 14.6. The molecule has 1 aromatic heterocycles. The molecular weight excluding hydrogens is 376 g/mol. The van der Waals surface area contributed by atoms with Crippen LogP contribution >= 0.6 is 0 Å². The average molecular weight is 405 g/mol. The third-order valence-electron chi connectivity index (χ3n) is 5.26. The molecule has 7 nitrogen and oxygen atoms in total. The van der Waals surface area contributed by atoms with Crippen LogP contribution in [-0.4, -0.2) is 55.2 Å². The Kier molecular flexibility index (Phi) is 5.99. The SMILES string of the molecule is COc1cc(Nc2nccc(Nc3ccc(C)cc3)n2)ccc1N1CCN(C)CC1. The predicted molar refractivity (Wildman–Crippen MR) is 122 cm³/mol. The summed E-state index contributed by atoms with van der Waals surface area (Å²) in [4.78, 5) is 13.6. The van der Waals surface area contributed by atoms with Crippen LogP contribution in [0.15, 0.2) is 54.7 Å². The second-order valence-corrected chi connectivity index (χ2v) is 7.56. The number of hydrogen-bond acceptors (Lipinski definition) is 7. The van der Waals surface area contributed by atoms with Crippen LogP contribution in [-0.2, 0) is 0 Å². The van der Waals surface area contributed by atoms with Gasteiger partial charge in [0.25, 0.3) is 0 Å². The fraction of sp³-hybridized carbons (Fsp3) is 0.304. The Balaban J connectivity index is 1.48. The molecule has 30 heavy (non-hydrogen) atoms. The van der Waals surface area contributed by atoms with E-state index >= 15 is 0 Å². The third-order valence-corrected chi connectivity index (χ3v) is 5.26. The Morgan fingerprint density at radius 2 is 1.63 bits per heavy atom. The molecule has 0 bridgehead atoms. The van der Waals surface area contributed by atoms with Gasteiger partial charge in [0.05, 0.1) is 12.8 Å². The summed E-state index contributed by atoms with van der Waals surface area (Å²) in [6, 6.07) is 16.2. The van der Waals surface area contributed by atoms with Gasteiger partial charge >= 0.3 is 0 Å². The van der Waals surface area contributed by atoms with E-state index in [0.717, 1.165) is 54.8 Å². The smallest absolute Gasteiger partial charge is 0.229 e. The summed E-state index contributed by atoms with van der Waals surface area (Å²) in [5, 5.41) is 6.59. The first-order valence-electron chi connectivity index (χ1n) is 10.2. The standard InChI is InChI=1S/C23H28N6O/c1-17-4-6-18(7-5-17)25-22-10-11-24-23(27-22)26-19-8-9-20(21(16-19)30-3)29-14-12-28(2)13-15-29/h4-11,16H,12-15H2,1-3H3,(H2,24,25,26,27). The molecule has 4 rings (SSSR count). The van der Waals surface area contributed by atoms with E-state index in [4.69, 9.17) is 4.74 Å². The molecule has 2 heterocycles. The molecule has 0 spiro atoms. The highest BCUT2D eigenvalue weighted by molar-refractivity contribution is 5.68. The van der Waals surface area contributed by atoms with Gasteiger partial charge in [-0.1, -0.05) is 17.7 Å². The van der Waals surface area contributed by atoms with Gasteiger partial charge < -0.3 is 25.2 Å². The van der Waals surface area contributed by atoms with Gasteiger partial charge in [-0.25, -0.2) is 4.98 Å². The molecule has 0 aliphatic carbocycles. The second-order valence-electron chi connectivity index (χ2n) is 7.56. The van der Waals surface area contributed by atoms with Crippen LogP contribution in [0.5, 0.6) is 5.75 Å². The summed E-state index contributed by atoms with van der Waals surface area (Å²) in [6.07, 6.45) is 1.74. The zero-order valence-corrected chi connectivity index (χ0v) is 17.7. The number of methoxy groups -OCH3 is 1. The topological polar surface area (TPSA) is 65.5 Å². The first-order valence-corrected chi connectivity index (χ1v) is 10.2. The summed E-state index contributed by atoms with van der Waals surface area (Å²) in [6.45, 7) is 6.17. The molecule has 0 radical (unpaired) electrons. The van der Waals surface area contributed by atoms with Crippen molar-refractivity contribution in [3.8, 4) is 5.75 Å². The lowest BCUT2D eigenvalue weighted by Gasteiger charge is -2.34. The summed E-state index contributed by atoms with van der Waals surface area (Å²) >= 11 is 0. The van der Waals surface area contributed by atoms with Crippen LogP contribution < -0.4 is 20.3 Å². The number of aryl methyl sites for hydroxylation is 1. The van der Waals surface area contributed by atoms with Crippen molar-refractivity contribution in [2.75, 3.05) is 55.9 Å². The van der Waals surface area contributed by atoms with E-state index in [0.29, 0.717) is 5.95 Å². The van der Waals surface area contributed by atoms with Crippen molar-refractivity contribution in [3.05, 3.63) is 60.3 Å². The van der Waals surface area contributed by atoms with Crippen molar-refractivity contribution in [3.63, 3.8) is 0 Å². The van der Waals surface area contributed by atoms with Crippen LogP contribution in [0.25, 0.3) is 0 Å². The molecule has 7 heteroatoms. The van der Waals surface area contributed by atoms with E-state index < -0.39 is 0 Å². The first kappa shape index (κ1) is 20.0. The van der Waals surface area contributed by atoms with Gasteiger partial charge in [0.15, 0.2) is 0 Å². The number of aromatic nitrogens is 2. The number of likely N-dealkylation sites (N-methyl/N-ethyl adjacent to an activating group) is 1. The highest BCUT2D eigenvalue weighted by atomic mass is 16.5. The predicted octanol–water partition coefficient (Wildman–Crippen LogP) is 4.03. The number of anilines is 5. The molecular formula is C23H28N6O. The van der Waals surface area contributed by atoms with Gasteiger partial charge in [-0.2, -0.15) is 4.98 Å². The summed E-state index contributed by atoms with van der Waals surface area (Å²) < 4.78 is 5.67. The highest BCUT2D eigenvalue weighted by Crippen LogP contribution is 2.32. The number of nitrogens with zero attached hydrogens (tertiary/aromatic N) is 4. The van der Waals surface area contributed by atoms with E-state index in [9.17, 15) is 0 Å². The quantitative estimate of drug-likeness (QED) is 0.643. The van der Waals surface area contributed by atoms with E-state index in [-0.39, 0.29) is 0 Å². The molecule has 1 saturated heterocycles. The highest BCUT2D eigenvalue weighted by Gasteiger charge is 2.18. The fourth-order valence-corrected chi connectivity index (χ4v) is 3.47. The maximum absolute atomic E-state index is 5.67. The molecule has 156 valence electrons. The largest absolute Gasteiger partial charge is 0.495 e. The molecule has 3 aromatic rings. The van der Waals surface area contributed by atoms with Crippen molar-refractivity contribution in [2.45, 2.75) is 6.92 Å². The minimum absolute atomic E-state index is 0.529. The van der Waals surface area contributed by atoms with Gasteiger partial charge in [0.2, 0.25) is 5.95 Å². The van der Waals surface area contributed by atoms with E-state index in [1.165, 1.54) is 5.56 Å². The van der Waals surface area contributed by atoms with Crippen molar-refractivity contribution in [1.29, 1.82) is 0 Å². The van der Waals surface area contributed by atoms with Gasteiger partial charge in [-0.15, -0.1) is 0 Å². The number of benzene rings is 2. The number of piperazine rings is 1. The van der Waals surface area contributed by atoms with Crippen LogP contribution in [0, 0.1) is 6.92 Å². The monoisotopic (exact) mass is 404 g/mol. The molecule has 2 N–H and O–H groups in total. The molecule has 1 aliphatic rings. The molecule has 0 amide bonds. The number of ether oxygens (including phenoxy) is 1. The Labute approximate surface area is 177 Å². The van der Waals surface area contributed by atoms with Gasteiger partial charge in [0, 0.05) is 49.8 Å². The molecule has 2 aromatic carbocycles. The zero-order chi connectivity index (χ0) is 20.9. The molecule has 0 saturated carbocycles. The normalized spacial score (nSPS) is 14.4. The van der Waals surface area contributed by atoms with Crippen molar-refractivity contribution >= 4 is 28.8 Å². The molecule has 0 unspecified atom stereocenters. The summed E-state index contributed by atoms with van der Waals surface area (Å²) in [5.41, 5.74) is 4.21. The van der Waals surface area contributed by atoms with Crippen LogP contribution in [0.4, 0.5) is 28.8 Å². The maximum Gasteiger partial charge on any atom is 0.229 e. The van der Waals surface area contributed by atoms with E-state index in [2.05, 4.69) is 62.6 Å². The Hall–Kier alpha value is -3.32. The lowest BCUT2D eigenvalue weighted by molar-refractivity contribution is 0.311. The summed E-state index contributed by atoms with van der Waals surface area (Å²) in [7, 11) is 3.87. The molecule has 1 fully saturated rings. The van der Waals surface area contributed by atoms with Gasteiger partial charge in [-0.3, -0.25) is 0 Å². The minimum Gasteiger partial charge on any atom is -0.495 e. The van der Waals surface area contributed by atoms with E-state index in [1.54, 1.807) is 13.3 Å². The van der Waals surface area contributed by atoms with Crippen molar-refractivity contribution in [1.82, 2.24) is 14.9 Å². The van der Waals surface area contributed by atoms with Crippen LogP contribution in [0.1, 0.15) is 5.56 Å².